The highest BCUT2D eigenvalue weighted by molar-refractivity contribution is 5.38. The van der Waals surface area contributed by atoms with Crippen LogP contribution in [0.25, 0.3) is 0 Å². The van der Waals surface area contributed by atoms with E-state index in [9.17, 15) is 0 Å². The maximum atomic E-state index is 5.79. The number of nitrogens with two attached hydrogens (primary N) is 1. The monoisotopic (exact) mass is 152 g/mol. The van der Waals surface area contributed by atoms with Crippen molar-refractivity contribution >= 4 is 5.82 Å². The third kappa shape index (κ3) is 0.982. The minimum atomic E-state index is 0.607. The molecule has 11 heavy (non-hydrogen) atoms. The first-order chi connectivity index (χ1) is 5.33. The van der Waals surface area contributed by atoms with Gasteiger partial charge in [-0.3, -0.25) is 0 Å². The molecule has 1 saturated carbocycles. The van der Waals surface area contributed by atoms with Crippen LogP contribution in [0.5, 0.6) is 0 Å². The van der Waals surface area contributed by atoms with Gasteiger partial charge in [-0.1, -0.05) is 5.21 Å². The predicted molar refractivity (Wildman–Crippen MR) is 42.1 cm³/mol. The van der Waals surface area contributed by atoms with E-state index in [4.69, 9.17) is 5.73 Å². The van der Waals surface area contributed by atoms with Gasteiger partial charge in [-0.05, 0) is 19.8 Å². The summed E-state index contributed by atoms with van der Waals surface area (Å²) in [5, 5.41) is 7.97. The zero-order valence-electron chi connectivity index (χ0n) is 6.62. The second-order valence-corrected chi connectivity index (χ2v) is 2.95. The maximum absolute atomic E-state index is 5.79. The highest BCUT2D eigenvalue weighted by Gasteiger charge is 2.29. The Morgan fingerprint density at radius 3 is 2.82 bits per heavy atom. The summed E-state index contributed by atoms with van der Waals surface area (Å²) < 4.78 is 1.74. The SMILES string of the molecule is CCn1nnc(C2CC2)c1N. The topological polar surface area (TPSA) is 56.7 Å². The predicted octanol–water partition coefficient (Wildman–Crippen LogP) is 0.758. The zero-order valence-corrected chi connectivity index (χ0v) is 6.62. The maximum Gasteiger partial charge on any atom is 0.145 e. The van der Waals surface area contributed by atoms with Crippen molar-refractivity contribution in [3.8, 4) is 0 Å². The van der Waals surface area contributed by atoms with Crippen LogP contribution in [0.15, 0.2) is 0 Å². The largest absolute Gasteiger partial charge is 0.382 e. The van der Waals surface area contributed by atoms with Gasteiger partial charge in [-0.25, -0.2) is 4.68 Å². The van der Waals surface area contributed by atoms with Gasteiger partial charge in [-0.2, -0.15) is 0 Å². The van der Waals surface area contributed by atoms with Gasteiger partial charge in [0.25, 0.3) is 0 Å². The summed E-state index contributed by atoms with van der Waals surface area (Å²) in [4.78, 5) is 0. The fourth-order valence-corrected chi connectivity index (χ4v) is 1.21. The lowest BCUT2D eigenvalue weighted by molar-refractivity contribution is 0.634. The van der Waals surface area contributed by atoms with Gasteiger partial charge in [0.2, 0.25) is 0 Å². The highest BCUT2D eigenvalue weighted by atomic mass is 15.4. The average molecular weight is 152 g/mol. The van der Waals surface area contributed by atoms with Crippen molar-refractivity contribution in [1.29, 1.82) is 0 Å². The lowest BCUT2D eigenvalue weighted by Crippen LogP contribution is -2.02. The fourth-order valence-electron chi connectivity index (χ4n) is 1.21. The van der Waals surface area contributed by atoms with Crippen molar-refractivity contribution in [2.75, 3.05) is 5.73 Å². The van der Waals surface area contributed by atoms with Crippen LogP contribution in [0.4, 0.5) is 5.82 Å². The van der Waals surface area contributed by atoms with E-state index in [0.717, 1.165) is 18.1 Å². The van der Waals surface area contributed by atoms with Crippen molar-refractivity contribution in [3.05, 3.63) is 5.69 Å². The number of hydrogen-bond acceptors (Lipinski definition) is 3. The molecule has 0 spiro atoms. The summed E-state index contributed by atoms with van der Waals surface area (Å²) in [6.45, 7) is 2.83. The molecule has 0 atom stereocenters. The summed E-state index contributed by atoms with van der Waals surface area (Å²) in [6.07, 6.45) is 2.46. The number of aryl methyl sites for hydroxylation is 1. The quantitative estimate of drug-likeness (QED) is 0.680. The van der Waals surface area contributed by atoms with Gasteiger partial charge in [0.05, 0.1) is 0 Å². The van der Waals surface area contributed by atoms with E-state index in [-0.39, 0.29) is 0 Å². The Hall–Kier alpha value is -1.06. The Kier molecular flexibility index (Phi) is 1.34. The molecule has 4 heteroatoms. The van der Waals surface area contributed by atoms with E-state index in [2.05, 4.69) is 10.3 Å². The first-order valence-electron chi connectivity index (χ1n) is 4.01. The molecule has 0 radical (unpaired) electrons. The molecule has 2 N–H and O–H groups in total. The molecular weight excluding hydrogens is 140 g/mol. The van der Waals surface area contributed by atoms with Gasteiger partial charge in [0.15, 0.2) is 0 Å². The van der Waals surface area contributed by atoms with Crippen LogP contribution < -0.4 is 5.73 Å². The molecule has 1 aliphatic carbocycles. The molecule has 60 valence electrons. The van der Waals surface area contributed by atoms with Gasteiger partial charge < -0.3 is 5.73 Å². The fraction of sp³-hybridized carbons (Fsp3) is 0.714. The number of nitrogens with zero attached hydrogens (tertiary/aromatic N) is 3. The molecule has 1 aromatic heterocycles. The summed E-state index contributed by atoms with van der Waals surface area (Å²) >= 11 is 0. The molecule has 0 unspecified atom stereocenters. The van der Waals surface area contributed by atoms with Crippen LogP contribution in [0.3, 0.4) is 0 Å². The zero-order chi connectivity index (χ0) is 7.84. The number of aromatic nitrogens is 3. The molecule has 0 aromatic carbocycles. The number of hydrogen-bond donors (Lipinski definition) is 1. The summed E-state index contributed by atoms with van der Waals surface area (Å²) in [5.41, 5.74) is 6.80. The average Bonchev–Trinajstić information content (AvgIpc) is 2.77. The summed E-state index contributed by atoms with van der Waals surface area (Å²) in [7, 11) is 0. The number of rotatable bonds is 2. The van der Waals surface area contributed by atoms with Gasteiger partial charge in [0, 0.05) is 12.5 Å². The summed E-state index contributed by atoms with van der Waals surface area (Å²) in [6, 6.07) is 0. The van der Waals surface area contributed by atoms with Crippen LogP contribution in [0.2, 0.25) is 0 Å². The van der Waals surface area contributed by atoms with Crippen molar-refractivity contribution in [3.63, 3.8) is 0 Å². The van der Waals surface area contributed by atoms with Gasteiger partial charge in [0.1, 0.15) is 11.5 Å². The van der Waals surface area contributed by atoms with Crippen LogP contribution in [0, 0.1) is 0 Å². The van der Waals surface area contributed by atoms with Crippen molar-refractivity contribution in [2.45, 2.75) is 32.2 Å². The molecule has 4 nitrogen and oxygen atoms in total. The number of nitrogen functional groups attached to an aromatic ring is 1. The van der Waals surface area contributed by atoms with Gasteiger partial charge >= 0.3 is 0 Å². The minimum Gasteiger partial charge on any atom is -0.382 e. The molecule has 2 rings (SSSR count). The lowest BCUT2D eigenvalue weighted by Gasteiger charge is -1.96. The minimum absolute atomic E-state index is 0.607. The Morgan fingerprint density at radius 2 is 2.36 bits per heavy atom. The van der Waals surface area contributed by atoms with Crippen LogP contribution in [0.1, 0.15) is 31.4 Å². The molecule has 1 fully saturated rings. The Labute approximate surface area is 65.4 Å². The first-order valence-corrected chi connectivity index (χ1v) is 4.01. The molecule has 0 aliphatic heterocycles. The second-order valence-electron chi connectivity index (χ2n) is 2.95. The standard InChI is InChI=1S/C7H12N4/c1-2-11-7(8)6(9-10-11)5-3-4-5/h5H,2-4,8H2,1H3. The normalized spacial score (nSPS) is 17.2. The lowest BCUT2D eigenvalue weighted by atomic mass is 10.3. The van der Waals surface area contributed by atoms with Crippen LogP contribution in [-0.2, 0) is 6.54 Å². The molecule has 0 saturated heterocycles. The van der Waals surface area contributed by atoms with Gasteiger partial charge in [-0.15, -0.1) is 5.10 Å². The molecule has 1 heterocycles. The highest BCUT2D eigenvalue weighted by Crippen LogP contribution is 2.41. The summed E-state index contributed by atoms with van der Waals surface area (Å²) in [5.74, 6) is 1.37. The molecule has 0 amide bonds. The van der Waals surface area contributed by atoms with E-state index in [1.54, 1.807) is 4.68 Å². The Bertz CT molecular complexity index is 261. The van der Waals surface area contributed by atoms with Crippen LogP contribution in [-0.4, -0.2) is 15.0 Å². The van der Waals surface area contributed by atoms with E-state index in [1.165, 1.54) is 12.8 Å². The number of anilines is 1. The van der Waals surface area contributed by atoms with Crippen molar-refractivity contribution in [2.24, 2.45) is 0 Å². The van der Waals surface area contributed by atoms with E-state index >= 15 is 0 Å². The van der Waals surface area contributed by atoms with Crippen LogP contribution >= 0.6 is 0 Å². The third-order valence-electron chi connectivity index (χ3n) is 2.06. The van der Waals surface area contributed by atoms with E-state index < -0.39 is 0 Å². The van der Waals surface area contributed by atoms with E-state index in [1.807, 2.05) is 6.92 Å². The molecule has 1 aromatic rings. The Morgan fingerprint density at radius 1 is 1.64 bits per heavy atom. The smallest absolute Gasteiger partial charge is 0.145 e. The van der Waals surface area contributed by atoms with Crippen molar-refractivity contribution in [1.82, 2.24) is 15.0 Å². The molecular formula is C7H12N4. The first kappa shape index (κ1) is 6.64. The Balaban J connectivity index is 2.33. The molecule has 0 bridgehead atoms. The van der Waals surface area contributed by atoms with Crippen molar-refractivity contribution < 1.29 is 0 Å². The van der Waals surface area contributed by atoms with E-state index in [0.29, 0.717) is 5.92 Å². The third-order valence-corrected chi connectivity index (χ3v) is 2.06. The molecule has 1 aliphatic rings. The second kappa shape index (κ2) is 2.22.